The van der Waals surface area contributed by atoms with Gasteiger partial charge in [0.15, 0.2) is 11.5 Å². The third-order valence-corrected chi connectivity index (χ3v) is 5.93. The number of nitrogens with one attached hydrogen (secondary N) is 1. The predicted molar refractivity (Wildman–Crippen MR) is 119 cm³/mol. The summed E-state index contributed by atoms with van der Waals surface area (Å²) in [4.78, 5) is 19.2. The summed E-state index contributed by atoms with van der Waals surface area (Å²) in [7, 11) is 0. The van der Waals surface area contributed by atoms with Crippen LogP contribution in [0.1, 0.15) is 49.6 Å². The van der Waals surface area contributed by atoms with Gasteiger partial charge in [-0.2, -0.15) is 0 Å². The molecule has 1 N–H and O–H groups in total. The second kappa shape index (κ2) is 9.90. The minimum Gasteiger partial charge on any atom is -0.441 e. The lowest BCUT2D eigenvalue weighted by Gasteiger charge is -2.30. The molecule has 1 saturated heterocycles. The Morgan fingerprint density at radius 3 is 2.60 bits per heavy atom. The number of rotatable bonds is 8. The quantitative estimate of drug-likeness (QED) is 0.590. The number of aromatic nitrogens is 1. The zero-order valence-corrected chi connectivity index (χ0v) is 17.8. The Labute approximate surface area is 178 Å². The van der Waals surface area contributed by atoms with E-state index >= 15 is 0 Å². The molecule has 2 aromatic carbocycles. The van der Waals surface area contributed by atoms with Crippen molar-refractivity contribution in [3.05, 3.63) is 65.5 Å². The molecule has 5 nitrogen and oxygen atoms in total. The normalized spacial score (nSPS) is 15.5. The highest BCUT2D eigenvalue weighted by molar-refractivity contribution is 5.76. The summed E-state index contributed by atoms with van der Waals surface area (Å²) >= 11 is 0. The van der Waals surface area contributed by atoms with E-state index in [-0.39, 0.29) is 5.91 Å². The standard InChI is InChI=1S/C25H31N3O2/c1-19-13-15-28(16-14-19)18-21-11-9-20(10-12-21)17-26-24(29)7-4-8-25-27-22-5-2-3-6-23(22)30-25/h2-3,5-6,9-12,19H,4,7-8,13-18H2,1H3,(H,26,29). The molecule has 0 atom stereocenters. The van der Waals surface area contributed by atoms with Crippen LogP contribution in [0, 0.1) is 5.92 Å². The van der Waals surface area contributed by atoms with Crippen LogP contribution in [-0.2, 0) is 24.3 Å². The molecule has 0 spiro atoms. The molecule has 2 heterocycles. The first-order chi connectivity index (χ1) is 14.7. The van der Waals surface area contributed by atoms with E-state index in [1.807, 2.05) is 24.3 Å². The maximum absolute atomic E-state index is 12.2. The fourth-order valence-corrected chi connectivity index (χ4v) is 3.96. The van der Waals surface area contributed by atoms with Crippen LogP contribution in [0.15, 0.2) is 52.9 Å². The number of oxazole rings is 1. The second-order valence-electron chi connectivity index (χ2n) is 8.48. The van der Waals surface area contributed by atoms with E-state index in [1.54, 1.807) is 0 Å². The summed E-state index contributed by atoms with van der Waals surface area (Å²) < 4.78 is 5.70. The van der Waals surface area contributed by atoms with Crippen LogP contribution in [0.25, 0.3) is 11.1 Å². The van der Waals surface area contributed by atoms with Crippen molar-refractivity contribution in [3.63, 3.8) is 0 Å². The molecule has 30 heavy (non-hydrogen) atoms. The molecule has 158 valence electrons. The van der Waals surface area contributed by atoms with Gasteiger partial charge in [0.05, 0.1) is 0 Å². The molecule has 1 amide bonds. The number of piperidine rings is 1. The topological polar surface area (TPSA) is 58.4 Å². The highest BCUT2D eigenvalue weighted by Crippen LogP contribution is 2.18. The van der Waals surface area contributed by atoms with E-state index in [0.29, 0.717) is 25.3 Å². The number of hydrogen-bond acceptors (Lipinski definition) is 4. The number of amides is 1. The van der Waals surface area contributed by atoms with Gasteiger partial charge in [0.2, 0.25) is 5.91 Å². The highest BCUT2D eigenvalue weighted by atomic mass is 16.3. The number of carbonyl (C=O) groups excluding carboxylic acids is 1. The van der Waals surface area contributed by atoms with Crippen molar-refractivity contribution in [2.24, 2.45) is 5.92 Å². The Kier molecular flexibility index (Phi) is 6.80. The van der Waals surface area contributed by atoms with Gasteiger partial charge < -0.3 is 9.73 Å². The average molecular weight is 406 g/mol. The van der Waals surface area contributed by atoms with Crippen molar-refractivity contribution in [1.82, 2.24) is 15.2 Å². The number of para-hydroxylation sites is 2. The van der Waals surface area contributed by atoms with E-state index in [9.17, 15) is 4.79 Å². The van der Waals surface area contributed by atoms with Gasteiger partial charge >= 0.3 is 0 Å². The Morgan fingerprint density at radius 2 is 1.83 bits per heavy atom. The Morgan fingerprint density at radius 1 is 1.10 bits per heavy atom. The van der Waals surface area contributed by atoms with Crippen LogP contribution in [0.3, 0.4) is 0 Å². The summed E-state index contributed by atoms with van der Waals surface area (Å²) in [5, 5.41) is 3.02. The first-order valence-electron chi connectivity index (χ1n) is 11.1. The molecule has 5 heteroatoms. The molecular formula is C25H31N3O2. The van der Waals surface area contributed by atoms with E-state index in [4.69, 9.17) is 4.42 Å². The maximum Gasteiger partial charge on any atom is 0.220 e. The number of aryl methyl sites for hydroxylation is 1. The van der Waals surface area contributed by atoms with Gasteiger partial charge in [0.25, 0.3) is 0 Å². The lowest BCUT2D eigenvalue weighted by molar-refractivity contribution is -0.121. The zero-order chi connectivity index (χ0) is 20.8. The van der Waals surface area contributed by atoms with Gasteiger partial charge in [-0.25, -0.2) is 4.98 Å². The maximum atomic E-state index is 12.2. The molecule has 1 aromatic heterocycles. The number of carbonyl (C=O) groups is 1. The molecule has 3 aromatic rings. The van der Waals surface area contributed by atoms with Gasteiger partial charge in [-0.05, 0) is 61.5 Å². The Bertz CT molecular complexity index is 923. The lowest BCUT2D eigenvalue weighted by atomic mass is 9.99. The van der Waals surface area contributed by atoms with Gasteiger partial charge in [0.1, 0.15) is 5.52 Å². The van der Waals surface area contributed by atoms with Crippen molar-refractivity contribution in [2.45, 2.75) is 52.1 Å². The molecule has 4 rings (SSSR count). The first-order valence-corrected chi connectivity index (χ1v) is 11.1. The molecule has 1 fully saturated rings. The number of hydrogen-bond donors (Lipinski definition) is 1. The largest absolute Gasteiger partial charge is 0.441 e. The van der Waals surface area contributed by atoms with Crippen molar-refractivity contribution in [2.75, 3.05) is 13.1 Å². The van der Waals surface area contributed by atoms with Crippen molar-refractivity contribution in [1.29, 1.82) is 0 Å². The van der Waals surface area contributed by atoms with E-state index in [1.165, 1.54) is 31.5 Å². The van der Waals surface area contributed by atoms with Crippen LogP contribution in [0.4, 0.5) is 0 Å². The third kappa shape index (κ3) is 5.70. The number of fused-ring (bicyclic) bond motifs is 1. The second-order valence-corrected chi connectivity index (χ2v) is 8.48. The molecule has 1 aliphatic rings. The molecular weight excluding hydrogens is 374 g/mol. The molecule has 0 radical (unpaired) electrons. The predicted octanol–water partition coefficient (Wildman–Crippen LogP) is 4.70. The fourth-order valence-electron chi connectivity index (χ4n) is 3.96. The monoisotopic (exact) mass is 405 g/mol. The smallest absolute Gasteiger partial charge is 0.220 e. The van der Waals surface area contributed by atoms with E-state index in [2.05, 4.69) is 46.4 Å². The van der Waals surface area contributed by atoms with Gasteiger partial charge in [0, 0.05) is 25.9 Å². The Hall–Kier alpha value is -2.66. The van der Waals surface area contributed by atoms with Gasteiger partial charge in [-0.15, -0.1) is 0 Å². The molecule has 1 aliphatic heterocycles. The number of benzene rings is 2. The van der Waals surface area contributed by atoms with Crippen LogP contribution >= 0.6 is 0 Å². The van der Waals surface area contributed by atoms with E-state index in [0.717, 1.165) is 35.5 Å². The number of nitrogens with zero attached hydrogens (tertiary/aromatic N) is 2. The van der Waals surface area contributed by atoms with Crippen molar-refractivity contribution >= 4 is 17.0 Å². The fraction of sp³-hybridized carbons (Fsp3) is 0.440. The average Bonchev–Trinajstić information content (AvgIpc) is 3.18. The lowest BCUT2D eigenvalue weighted by Crippen LogP contribution is -2.32. The van der Waals surface area contributed by atoms with Gasteiger partial charge in [-0.1, -0.05) is 43.3 Å². The summed E-state index contributed by atoms with van der Waals surface area (Å²) in [5.41, 5.74) is 4.15. The minimum atomic E-state index is 0.0672. The third-order valence-electron chi connectivity index (χ3n) is 5.93. The molecule has 0 bridgehead atoms. The van der Waals surface area contributed by atoms with Crippen LogP contribution in [0.2, 0.25) is 0 Å². The summed E-state index contributed by atoms with van der Waals surface area (Å²) in [5.74, 6) is 1.63. The summed E-state index contributed by atoms with van der Waals surface area (Å²) in [6.07, 6.45) is 4.48. The molecule has 0 aliphatic carbocycles. The minimum absolute atomic E-state index is 0.0672. The van der Waals surface area contributed by atoms with Crippen molar-refractivity contribution < 1.29 is 9.21 Å². The van der Waals surface area contributed by atoms with Crippen LogP contribution in [-0.4, -0.2) is 28.9 Å². The van der Waals surface area contributed by atoms with Crippen molar-refractivity contribution in [3.8, 4) is 0 Å². The summed E-state index contributed by atoms with van der Waals surface area (Å²) in [6, 6.07) is 16.4. The van der Waals surface area contributed by atoms with E-state index < -0.39 is 0 Å². The van der Waals surface area contributed by atoms with Gasteiger partial charge in [-0.3, -0.25) is 9.69 Å². The molecule has 0 unspecified atom stereocenters. The van der Waals surface area contributed by atoms with Crippen LogP contribution < -0.4 is 5.32 Å². The Balaban J connectivity index is 1.16. The number of likely N-dealkylation sites (tertiary alicyclic amines) is 1. The molecule has 0 saturated carbocycles. The summed E-state index contributed by atoms with van der Waals surface area (Å²) in [6.45, 7) is 6.33. The SMILES string of the molecule is CC1CCN(Cc2ccc(CNC(=O)CCCc3nc4ccccc4o3)cc2)CC1. The van der Waals surface area contributed by atoms with Crippen LogP contribution in [0.5, 0.6) is 0 Å². The highest BCUT2D eigenvalue weighted by Gasteiger charge is 2.15. The first kappa shape index (κ1) is 20.6. The zero-order valence-electron chi connectivity index (χ0n) is 17.8.